The minimum absolute atomic E-state index is 0.159. The largest absolute Gasteiger partial charge is 0.440 e. The first kappa shape index (κ1) is 16.9. The Hall–Kier alpha value is -2.90. The van der Waals surface area contributed by atoms with E-state index >= 15 is 0 Å². The summed E-state index contributed by atoms with van der Waals surface area (Å²) in [5.41, 5.74) is 1.96. The normalized spacial score (nSPS) is 11.6. The summed E-state index contributed by atoms with van der Waals surface area (Å²) < 4.78 is 5.75. The van der Waals surface area contributed by atoms with Crippen LogP contribution in [-0.2, 0) is 11.8 Å². The standard InChI is InChI=1S/C17H22N6O2/c1-17(2,3)15-22-12-9-11(6-7-13(12)25-15)21-16(24)18-8-4-5-14-19-10-20-23-14/h6-7,9-10H,4-5,8H2,1-3H3,(H2,18,21,24)(H,19,20,23). The third-order valence-electron chi connectivity index (χ3n) is 3.63. The Kier molecular flexibility index (Phi) is 4.69. The van der Waals surface area contributed by atoms with Crippen molar-refractivity contribution in [3.05, 3.63) is 36.2 Å². The van der Waals surface area contributed by atoms with E-state index in [0.29, 0.717) is 23.7 Å². The summed E-state index contributed by atoms with van der Waals surface area (Å²) in [5, 5.41) is 12.2. The van der Waals surface area contributed by atoms with Crippen molar-refractivity contribution < 1.29 is 9.21 Å². The number of oxazole rings is 1. The minimum atomic E-state index is -0.253. The third kappa shape index (κ3) is 4.34. The SMILES string of the molecule is CC(C)(C)c1nc2cc(NC(=O)NCCCc3ncn[nH]3)ccc2o1. The van der Waals surface area contributed by atoms with E-state index in [1.165, 1.54) is 6.33 Å². The number of aryl methyl sites for hydroxylation is 1. The summed E-state index contributed by atoms with van der Waals surface area (Å²) in [6, 6.07) is 5.17. The molecule has 3 rings (SSSR count). The summed E-state index contributed by atoms with van der Waals surface area (Å²) in [7, 11) is 0. The number of carbonyl (C=O) groups is 1. The summed E-state index contributed by atoms with van der Waals surface area (Å²) in [6.07, 6.45) is 2.99. The lowest BCUT2D eigenvalue weighted by molar-refractivity contribution is 0.252. The number of H-pyrrole nitrogens is 1. The lowest BCUT2D eigenvalue weighted by atomic mass is 9.97. The zero-order chi connectivity index (χ0) is 17.9. The number of hydrogen-bond acceptors (Lipinski definition) is 5. The number of aromatic amines is 1. The third-order valence-corrected chi connectivity index (χ3v) is 3.63. The van der Waals surface area contributed by atoms with Gasteiger partial charge in [0.2, 0.25) is 5.89 Å². The van der Waals surface area contributed by atoms with E-state index < -0.39 is 0 Å². The molecule has 0 saturated heterocycles. The highest BCUT2D eigenvalue weighted by atomic mass is 16.3. The van der Waals surface area contributed by atoms with Crippen molar-refractivity contribution >= 4 is 22.8 Å². The molecule has 2 amide bonds. The van der Waals surface area contributed by atoms with Crippen LogP contribution in [0.25, 0.3) is 11.1 Å². The Morgan fingerprint density at radius 3 is 2.88 bits per heavy atom. The monoisotopic (exact) mass is 342 g/mol. The van der Waals surface area contributed by atoms with E-state index in [9.17, 15) is 4.79 Å². The number of aromatic nitrogens is 4. The fourth-order valence-corrected chi connectivity index (χ4v) is 2.31. The first-order chi connectivity index (χ1) is 11.9. The minimum Gasteiger partial charge on any atom is -0.440 e. The molecule has 0 saturated carbocycles. The molecule has 0 fully saturated rings. The number of nitrogens with one attached hydrogen (secondary N) is 3. The van der Waals surface area contributed by atoms with E-state index in [-0.39, 0.29) is 11.4 Å². The second-order valence-corrected chi connectivity index (χ2v) is 6.87. The number of carbonyl (C=O) groups excluding carboxylic acids is 1. The molecule has 0 bridgehead atoms. The van der Waals surface area contributed by atoms with Gasteiger partial charge in [0.25, 0.3) is 0 Å². The molecule has 2 aromatic heterocycles. The number of nitrogens with zero attached hydrogens (tertiary/aromatic N) is 3. The lowest BCUT2D eigenvalue weighted by Crippen LogP contribution is -2.29. The van der Waals surface area contributed by atoms with Gasteiger partial charge >= 0.3 is 6.03 Å². The van der Waals surface area contributed by atoms with Crippen LogP contribution < -0.4 is 10.6 Å². The molecule has 0 aliphatic carbocycles. The van der Waals surface area contributed by atoms with Crippen molar-refractivity contribution in [3.8, 4) is 0 Å². The maximum atomic E-state index is 12.0. The molecule has 132 valence electrons. The van der Waals surface area contributed by atoms with Gasteiger partial charge < -0.3 is 15.1 Å². The molecule has 25 heavy (non-hydrogen) atoms. The second-order valence-electron chi connectivity index (χ2n) is 6.87. The average Bonchev–Trinajstić information content (AvgIpc) is 3.20. The molecule has 1 aromatic carbocycles. The van der Waals surface area contributed by atoms with Crippen LogP contribution in [0.3, 0.4) is 0 Å². The quantitative estimate of drug-likeness (QED) is 0.618. The fourth-order valence-electron chi connectivity index (χ4n) is 2.31. The van der Waals surface area contributed by atoms with Crippen LogP contribution in [0.2, 0.25) is 0 Å². The van der Waals surface area contributed by atoms with Crippen molar-refractivity contribution in [2.45, 2.75) is 39.0 Å². The summed E-state index contributed by atoms with van der Waals surface area (Å²) in [6.45, 7) is 6.68. The van der Waals surface area contributed by atoms with Gasteiger partial charge in [-0.05, 0) is 24.6 Å². The fraction of sp³-hybridized carbons (Fsp3) is 0.412. The molecule has 0 atom stereocenters. The summed E-state index contributed by atoms with van der Waals surface area (Å²) in [5.74, 6) is 1.49. The van der Waals surface area contributed by atoms with Gasteiger partial charge in [-0.3, -0.25) is 5.10 Å². The van der Waals surface area contributed by atoms with Crippen LogP contribution in [-0.4, -0.2) is 32.7 Å². The molecule has 0 unspecified atom stereocenters. The molecule has 0 radical (unpaired) electrons. The molecule has 0 spiro atoms. The van der Waals surface area contributed by atoms with Crippen LogP contribution >= 0.6 is 0 Å². The maximum absolute atomic E-state index is 12.0. The molecule has 8 nitrogen and oxygen atoms in total. The van der Waals surface area contributed by atoms with Crippen molar-refractivity contribution in [2.75, 3.05) is 11.9 Å². The number of fused-ring (bicyclic) bond motifs is 1. The summed E-state index contributed by atoms with van der Waals surface area (Å²) in [4.78, 5) is 20.5. The highest BCUT2D eigenvalue weighted by Crippen LogP contribution is 2.27. The van der Waals surface area contributed by atoms with Crippen LogP contribution in [0, 0.1) is 0 Å². The zero-order valence-corrected chi connectivity index (χ0v) is 14.6. The Labute approximate surface area is 145 Å². The highest BCUT2D eigenvalue weighted by Gasteiger charge is 2.21. The van der Waals surface area contributed by atoms with E-state index in [4.69, 9.17) is 4.42 Å². The van der Waals surface area contributed by atoms with E-state index in [1.807, 2.05) is 32.9 Å². The first-order valence-corrected chi connectivity index (χ1v) is 8.22. The highest BCUT2D eigenvalue weighted by molar-refractivity contribution is 5.91. The average molecular weight is 342 g/mol. The predicted octanol–water partition coefficient (Wildman–Crippen LogP) is 3.00. The summed E-state index contributed by atoms with van der Waals surface area (Å²) >= 11 is 0. The van der Waals surface area contributed by atoms with Crippen LogP contribution in [0.5, 0.6) is 0 Å². The Balaban J connectivity index is 1.54. The number of hydrogen-bond donors (Lipinski definition) is 3. The molecule has 3 aromatic rings. The van der Waals surface area contributed by atoms with Gasteiger partial charge in [-0.25, -0.2) is 14.8 Å². The molecular weight excluding hydrogens is 320 g/mol. The Morgan fingerprint density at radius 1 is 1.32 bits per heavy atom. The number of amides is 2. The van der Waals surface area contributed by atoms with Crippen molar-refractivity contribution in [3.63, 3.8) is 0 Å². The van der Waals surface area contributed by atoms with Gasteiger partial charge in [0.1, 0.15) is 17.7 Å². The van der Waals surface area contributed by atoms with E-state index in [0.717, 1.165) is 24.2 Å². The maximum Gasteiger partial charge on any atom is 0.319 e. The van der Waals surface area contributed by atoms with Crippen molar-refractivity contribution in [2.24, 2.45) is 0 Å². The second kappa shape index (κ2) is 6.92. The molecule has 3 N–H and O–H groups in total. The molecule has 2 heterocycles. The van der Waals surface area contributed by atoms with Crippen LogP contribution in [0.1, 0.15) is 38.9 Å². The van der Waals surface area contributed by atoms with Crippen LogP contribution in [0.15, 0.2) is 28.9 Å². The Bertz CT molecular complexity index is 848. The van der Waals surface area contributed by atoms with Gasteiger partial charge in [-0.1, -0.05) is 20.8 Å². The smallest absolute Gasteiger partial charge is 0.319 e. The number of urea groups is 1. The van der Waals surface area contributed by atoms with Gasteiger partial charge in [0.05, 0.1) is 0 Å². The molecule has 0 aliphatic rings. The Morgan fingerprint density at radius 2 is 2.16 bits per heavy atom. The van der Waals surface area contributed by atoms with Gasteiger partial charge in [0.15, 0.2) is 5.58 Å². The molecular formula is C17H22N6O2. The molecule has 0 aliphatic heterocycles. The van der Waals surface area contributed by atoms with E-state index in [2.05, 4.69) is 30.8 Å². The first-order valence-electron chi connectivity index (χ1n) is 8.22. The zero-order valence-electron chi connectivity index (χ0n) is 14.6. The number of benzene rings is 1. The number of rotatable bonds is 5. The van der Waals surface area contributed by atoms with Gasteiger partial charge in [-0.15, -0.1) is 0 Å². The molecule has 8 heteroatoms. The van der Waals surface area contributed by atoms with Crippen LogP contribution in [0.4, 0.5) is 10.5 Å². The predicted molar refractivity (Wildman–Crippen MR) is 94.4 cm³/mol. The number of anilines is 1. The topological polar surface area (TPSA) is 109 Å². The van der Waals surface area contributed by atoms with Gasteiger partial charge in [0, 0.05) is 24.1 Å². The van der Waals surface area contributed by atoms with Crippen molar-refractivity contribution in [1.82, 2.24) is 25.5 Å². The van der Waals surface area contributed by atoms with E-state index in [1.54, 1.807) is 6.07 Å². The van der Waals surface area contributed by atoms with Gasteiger partial charge in [-0.2, -0.15) is 5.10 Å². The van der Waals surface area contributed by atoms with Crippen molar-refractivity contribution in [1.29, 1.82) is 0 Å². The lowest BCUT2D eigenvalue weighted by Gasteiger charge is -2.11.